The second kappa shape index (κ2) is 8.85. The molecule has 25 heavy (non-hydrogen) atoms. The van der Waals surface area contributed by atoms with Gasteiger partial charge in [-0.25, -0.2) is 0 Å². The molecule has 6 heteroatoms. The molecule has 1 heterocycles. The number of nitrogens with one attached hydrogen (secondary N) is 1. The molecule has 0 aromatic heterocycles. The Morgan fingerprint density at radius 1 is 1.32 bits per heavy atom. The van der Waals surface area contributed by atoms with Crippen molar-refractivity contribution >= 4 is 11.8 Å². The molecule has 1 aliphatic heterocycles. The number of hydrogen-bond donors (Lipinski definition) is 1. The second-order valence-electron chi connectivity index (χ2n) is 6.82. The Bertz CT molecular complexity index is 586. The zero-order chi connectivity index (χ0) is 18.4. The molecule has 1 aromatic carbocycles. The van der Waals surface area contributed by atoms with Crippen molar-refractivity contribution in [2.75, 3.05) is 41.3 Å². The van der Waals surface area contributed by atoms with Gasteiger partial charge in [-0.05, 0) is 51.2 Å². The summed E-state index contributed by atoms with van der Waals surface area (Å²) in [7, 11) is 7.43. The normalized spacial score (nSPS) is 20.7. The lowest BCUT2D eigenvalue weighted by molar-refractivity contribution is -0.141. The molecule has 2 amide bonds. The lowest BCUT2D eigenvalue weighted by Crippen LogP contribution is -2.46. The van der Waals surface area contributed by atoms with Gasteiger partial charge in [0.05, 0.1) is 19.1 Å². The number of nitrogens with zero attached hydrogens (tertiary/aromatic N) is 2. The van der Waals surface area contributed by atoms with E-state index in [0.29, 0.717) is 19.4 Å². The van der Waals surface area contributed by atoms with E-state index in [9.17, 15) is 9.59 Å². The van der Waals surface area contributed by atoms with Gasteiger partial charge < -0.3 is 19.9 Å². The van der Waals surface area contributed by atoms with Crippen molar-refractivity contribution in [1.29, 1.82) is 0 Å². The number of carbonyl (C=O) groups excluding carboxylic acids is 2. The van der Waals surface area contributed by atoms with Crippen molar-refractivity contribution in [3.05, 3.63) is 29.8 Å². The fourth-order valence-electron chi connectivity index (χ4n) is 3.31. The molecule has 1 saturated heterocycles. The number of piperidine rings is 1. The van der Waals surface area contributed by atoms with Crippen LogP contribution >= 0.6 is 0 Å². The minimum atomic E-state index is -0.235. The predicted octanol–water partition coefficient (Wildman–Crippen LogP) is 1.67. The number of rotatable bonds is 7. The number of amides is 2. The molecule has 1 fully saturated rings. The van der Waals surface area contributed by atoms with Crippen molar-refractivity contribution in [2.24, 2.45) is 5.92 Å². The van der Waals surface area contributed by atoms with Gasteiger partial charge in [-0.1, -0.05) is 12.1 Å². The lowest BCUT2D eigenvalue weighted by atomic mass is 9.84. The topological polar surface area (TPSA) is 61.9 Å². The van der Waals surface area contributed by atoms with E-state index in [-0.39, 0.29) is 23.8 Å². The first-order chi connectivity index (χ1) is 11.9. The van der Waals surface area contributed by atoms with Crippen LogP contribution in [-0.4, -0.2) is 63.0 Å². The highest BCUT2D eigenvalue weighted by Gasteiger charge is 2.38. The number of likely N-dealkylation sites (tertiary alicyclic amines) is 1. The summed E-state index contributed by atoms with van der Waals surface area (Å²) < 4.78 is 5.20. The fraction of sp³-hybridized carbons (Fsp3) is 0.579. The number of benzene rings is 1. The largest absolute Gasteiger partial charge is 0.497 e. The summed E-state index contributed by atoms with van der Waals surface area (Å²) >= 11 is 0. The molecule has 1 aromatic rings. The Kier molecular flexibility index (Phi) is 6.82. The van der Waals surface area contributed by atoms with E-state index < -0.39 is 0 Å². The molecular formula is C19H29N3O3. The minimum Gasteiger partial charge on any atom is -0.497 e. The molecule has 1 aliphatic rings. The van der Waals surface area contributed by atoms with Crippen LogP contribution in [0.1, 0.15) is 30.9 Å². The lowest BCUT2D eigenvalue weighted by Gasteiger charge is -2.38. The predicted molar refractivity (Wildman–Crippen MR) is 97.4 cm³/mol. The standard InChI is InChI=1S/C19H29N3O3/c1-21(2)13-5-12-20-19(24)16-10-11-17(23)22(3)18(16)14-6-8-15(25-4)9-7-14/h6-9,16,18H,5,10-13H2,1-4H3,(H,20,24)/t16-,18-/m1/s1. The number of carbonyl (C=O) groups is 2. The van der Waals surface area contributed by atoms with Gasteiger partial charge in [0.25, 0.3) is 0 Å². The van der Waals surface area contributed by atoms with Crippen molar-refractivity contribution < 1.29 is 14.3 Å². The molecule has 0 spiro atoms. The summed E-state index contributed by atoms with van der Waals surface area (Å²) in [6, 6.07) is 7.37. The highest BCUT2D eigenvalue weighted by atomic mass is 16.5. The van der Waals surface area contributed by atoms with Crippen LogP contribution in [0.4, 0.5) is 0 Å². The van der Waals surface area contributed by atoms with Crippen molar-refractivity contribution in [3.63, 3.8) is 0 Å². The molecule has 2 rings (SSSR count). The highest BCUT2D eigenvalue weighted by Crippen LogP contribution is 2.36. The summed E-state index contributed by atoms with van der Waals surface area (Å²) in [6.45, 7) is 1.59. The van der Waals surface area contributed by atoms with Crippen LogP contribution in [0.25, 0.3) is 0 Å². The Morgan fingerprint density at radius 2 is 2.00 bits per heavy atom. The molecule has 0 radical (unpaired) electrons. The Labute approximate surface area is 150 Å². The SMILES string of the molecule is COc1ccc([C@@H]2[C@H](C(=O)NCCCN(C)C)CCC(=O)N2C)cc1. The quantitative estimate of drug-likeness (QED) is 0.762. The van der Waals surface area contributed by atoms with E-state index in [1.165, 1.54) is 0 Å². The van der Waals surface area contributed by atoms with Crippen LogP contribution in [0, 0.1) is 5.92 Å². The third-order valence-electron chi connectivity index (χ3n) is 4.74. The molecule has 2 atom stereocenters. The third-order valence-corrected chi connectivity index (χ3v) is 4.74. The maximum atomic E-state index is 12.7. The van der Waals surface area contributed by atoms with Gasteiger partial charge in [0.2, 0.25) is 11.8 Å². The Morgan fingerprint density at radius 3 is 2.60 bits per heavy atom. The summed E-state index contributed by atoms with van der Waals surface area (Å²) in [4.78, 5) is 28.7. The van der Waals surface area contributed by atoms with Gasteiger partial charge in [0.1, 0.15) is 5.75 Å². The van der Waals surface area contributed by atoms with Gasteiger partial charge in [-0.2, -0.15) is 0 Å². The monoisotopic (exact) mass is 347 g/mol. The molecule has 0 unspecified atom stereocenters. The zero-order valence-electron chi connectivity index (χ0n) is 15.6. The fourth-order valence-corrected chi connectivity index (χ4v) is 3.31. The van der Waals surface area contributed by atoms with E-state index in [1.54, 1.807) is 19.1 Å². The van der Waals surface area contributed by atoms with Crippen molar-refractivity contribution in [3.8, 4) is 5.75 Å². The van der Waals surface area contributed by atoms with Crippen LogP contribution in [0.3, 0.4) is 0 Å². The van der Waals surface area contributed by atoms with E-state index >= 15 is 0 Å². The number of methoxy groups -OCH3 is 1. The van der Waals surface area contributed by atoms with Gasteiger partial charge in [0, 0.05) is 20.0 Å². The minimum absolute atomic E-state index is 0.0268. The summed E-state index contributed by atoms with van der Waals surface area (Å²) in [5.74, 6) is 0.644. The third kappa shape index (κ3) is 4.95. The Hall–Kier alpha value is -2.08. The van der Waals surface area contributed by atoms with Crippen LogP contribution in [-0.2, 0) is 9.59 Å². The maximum Gasteiger partial charge on any atom is 0.225 e. The molecule has 0 bridgehead atoms. The molecule has 138 valence electrons. The zero-order valence-corrected chi connectivity index (χ0v) is 15.6. The molecule has 0 aliphatic carbocycles. The molecule has 1 N–H and O–H groups in total. The van der Waals surface area contributed by atoms with E-state index in [2.05, 4.69) is 10.2 Å². The maximum absolute atomic E-state index is 12.7. The molecule has 0 saturated carbocycles. The van der Waals surface area contributed by atoms with Gasteiger partial charge >= 0.3 is 0 Å². The average molecular weight is 347 g/mol. The number of ether oxygens (including phenoxy) is 1. The Balaban J connectivity index is 2.10. The first-order valence-electron chi connectivity index (χ1n) is 8.76. The van der Waals surface area contributed by atoms with Crippen LogP contribution < -0.4 is 10.1 Å². The summed E-state index contributed by atoms with van der Waals surface area (Å²) in [5.41, 5.74) is 0.963. The smallest absolute Gasteiger partial charge is 0.225 e. The first kappa shape index (κ1) is 19.2. The van der Waals surface area contributed by atoms with E-state index in [4.69, 9.17) is 4.74 Å². The van der Waals surface area contributed by atoms with Gasteiger partial charge in [0.15, 0.2) is 0 Å². The van der Waals surface area contributed by atoms with Crippen LogP contribution in [0.5, 0.6) is 5.75 Å². The molecular weight excluding hydrogens is 318 g/mol. The average Bonchev–Trinajstić information content (AvgIpc) is 2.60. The van der Waals surface area contributed by atoms with Crippen molar-refractivity contribution in [1.82, 2.24) is 15.1 Å². The van der Waals surface area contributed by atoms with Gasteiger partial charge in [-0.3, -0.25) is 9.59 Å². The highest BCUT2D eigenvalue weighted by molar-refractivity contribution is 5.84. The van der Waals surface area contributed by atoms with E-state index in [1.807, 2.05) is 38.4 Å². The van der Waals surface area contributed by atoms with Crippen molar-refractivity contribution in [2.45, 2.75) is 25.3 Å². The van der Waals surface area contributed by atoms with Crippen LogP contribution in [0.15, 0.2) is 24.3 Å². The van der Waals surface area contributed by atoms with Gasteiger partial charge in [-0.15, -0.1) is 0 Å². The summed E-state index contributed by atoms with van der Waals surface area (Å²) in [5, 5.41) is 3.04. The van der Waals surface area contributed by atoms with Crippen LogP contribution in [0.2, 0.25) is 0 Å². The summed E-state index contributed by atoms with van der Waals surface area (Å²) in [6.07, 6.45) is 1.91. The molecule has 6 nitrogen and oxygen atoms in total. The van der Waals surface area contributed by atoms with E-state index in [0.717, 1.165) is 24.3 Å². The second-order valence-corrected chi connectivity index (χ2v) is 6.82. The first-order valence-corrected chi connectivity index (χ1v) is 8.76. The number of hydrogen-bond acceptors (Lipinski definition) is 4.